The third-order valence-corrected chi connectivity index (χ3v) is 2.14. The summed E-state index contributed by atoms with van der Waals surface area (Å²) in [6, 6.07) is 0. The van der Waals surface area contributed by atoms with Crippen molar-refractivity contribution in [3.8, 4) is 0 Å². The highest BCUT2D eigenvalue weighted by Crippen LogP contribution is 2.16. The van der Waals surface area contributed by atoms with Crippen molar-refractivity contribution in [1.29, 1.82) is 0 Å². The van der Waals surface area contributed by atoms with Gasteiger partial charge in [0.15, 0.2) is 0 Å². The van der Waals surface area contributed by atoms with Crippen LogP contribution in [0.3, 0.4) is 0 Å². The molecule has 0 amide bonds. The number of allylic oxidation sites excluding steroid dienone is 3. The van der Waals surface area contributed by atoms with Gasteiger partial charge in [0.25, 0.3) is 0 Å². The molecule has 0 aromatic heterocycles. The summed E-state index contributed by atoms with van der Waals surface area (Å²) in [6.45, 7) is 0. The van der Waals surface area contributed by atoms with E-state index in [0.717, 1.165) is 16.6 Å². The summed E-state index contributed by atoms with van der Waals surface area (Å²) in [7, 11) is 0. The van der Waals surface area contributed by atoms with Gasteiger partial charge in [0.1, 0.15) is 5.04 Å². The van der Waals surface area contributed by atoms with Crippen LogP contribution >= 0.6 is 11.8 Å². The number of aliphatic imine (C=N–C) groups is 2. The molecule has 0 saturated carbocycles. The van der Waals surface area contributed by atoms with Gasteiger partial charge in [-0.25, -0.2) is 4.99 Å². The first-order valence-electron chi connectivity index (χ1n) is 3.05. The van der Waals surface area contributed by atoms with Gasteiger partial charge >= 0.3 is 0 Å². The number of fused-ring (bicyclic) bond motifs is 1. The molecule has 2 heterocycles. The Bertz CT molecular complexity index is 261. The van der Waals surface area contributed by atoms with Crippen LogP contribution in [-0.2, 0) is 0 Å². The summed E-state index contributed by atoms with van der Waals surface area (Å²) in [5.41, 5.74) is 1.02. The fourth-order valence-electron chi connectivity index (χ4n) is 0.839. The molecule has 10 heavy (non-hydrogen) atoms. The van der Waals surface area contributed by atoms with Crippen LogP contribution in [0.5, 0.6) is 0 Å². The van der Waals surface area contributed by atoms with E-state index in [2.05, 4.69) is 9.98 Å². The number of thioether (sulfide) groups is 1. The van der Waals surface area contributed by atoms with E-state index < -0.39 is 0 Å². The van der Waals surface area contributed by atoms with E-state index in [-0.39, 0.29) is 0 Å². The second kappa shape index (κ2) is 2.42. The Kier molecular flexibility index (Phi) is 1.43. The van der Waals surface area contributed by atoms with E-state index in [1.54, 1.807) is 18.0 Å². The lowest BCUT2D eigenvalue weighted by Crippen LogP contribution is -1.99. The molecule has 0 saturated heterocycles. The van der Waals surface area contributed by atoms with Gasteiger partial charge in [-0.2, -0.15) is 0 Å². The van der Waals surface area contributed by atoms with Gasteiger partial charge in [-0.1, -0.05) is 17.8 Å². The van der Waals surface area contributed by atoms with Crippen LogP contribution in [-0.4, -0.2) is 16.6 Å². The molecule has 2 nitrogen and oxygen atoms in total. The standard InChI is InChI=1S/C7H6N2S/c1-2-4-8-7-6(3-1)9-5-10-7/h1-4H,5H2. The molecule has 0 N–H and O–H groups in total. The molecule has 2 rings (SSSR count). The summed E-state index contributed by atoms with van der Waals surface area (Å²) >= 11 is 1.68. The van der Waals surface area contributed by atoms with Gasteiger partial charge in [-0.15, -0.1) is 0 Å². The van der Waals surface area contributed by atoms with Crippen molar-refractivity contribution in [2.75, 3.05) is 5.88 Å². The van der Waals surface area contributed by atoms with Crippen LogP contribution in [0.2, 0.25) is 0 Å². The summed E-state index contributed by atoms with van der Waals surface area (Å²) in [6.07, 6.45) is 7.66. The topological polar surface area (TPSA) is 24.7 Å². The molecule has 0 spiro atoms. The monoisotopic (exact) mass is 150 g/mol. The highest BCUT2D eigenvalue weighted by molar-refractivity contribution is 8.16. The molecule has 2 aliphatic heterocycles. The lowest BCUT2D eigenvalue weighted by molar-refractivity contribution is 1.41. The van der Waals surface area contributed by atoms with Gasteiger partial charge in [0.2, 0.25) is 0 Å². The Labute approximate surface area is 63.5 Å². The Balaban J connectivity index is 2.42. The number of hydrogen-bond acceptors (Lipinski definition) is 3. The van der Waals surface area contributed by atoms with Crippen molar-refractivity contribution < 1.29 is 0 Å². The average molecular weight is 150 g/mol. The zero-order valence-corrected chi connectivity index (χ0v) is 6.14. The van der Waals surface area contributed by atoms with Gasteiger partial charge in [0, 0.05) is 6.20 Å². The molecule has 2 aliphatic rings. The van der Waals surface area contributed by atoms with Crippen molar-refractivity contribution in [2.45, 2.75) is 0 Å². The first kappa shape index (κ1) is 5.92. The molecular formula is C7H6N2S. The first-order chi connectivity index (χ1) is 4.97. The second-order valence-electron chi connectivity index (χ2n) is 1.95. The number of rotatable bonds is 0. The zero-order chi connectivity index (χ0) is 6.81. The van der Waals surface area contributed by atoms with Crippen molar-refractivity contribution in [3.63, 3.8) is 0 Å². The smallest absolute Gasteiger partial charge is 0.123 e. The maximum Gasteiger partial charge on any atom is 0.123 e. The molecule has 0 fully saturated rings. The summed E-state index contributed by atoms with van der Waals surface area (Å²) in [5.74, 6) is 0.826. The Morgan fingerprint density at radius 2 is 2.40 bits per heavy atom. The fraction of sp³-hybridized carbons (Fsp3) is 0.143. The normalized spacial score (nSPS) is 21.6. The maximum atomic E-state index is 4.24. The second-order valence-corrected chi connectivity index (χ2v) is 2.89. The SMILES string of the molecule is C1=CN=C2SCN=C2C=C1. The molecule has 3 heteroatoms. The van der Waals surface area contributed by atoms with Crippen LogP contribution in [0.25, 0.3) is 0 Å². The summed E-state index contributed by atoms with van der Waals surface area (Å²) in [5, 5.41) is 1.05. The van der Waals surface area contributed by atoms with Gasteiger partial charge in [-0.05, 0) is 12.2 Å². The molecule has 0 bridgehead atoms. The minimum Gasteiger partial charge on any atom is -0.271 e. The molecular weight excluding hydrogens is 144 g/mol. The van der Waals surface area contributed by atoms with E-state index in [4.69, 9.17) is 0 Å². The molecule has 0 aliphatic carbocycles. The fourth-order valence-corrected chi connectivity index (χ4v) is 1.58. The van der Waals surface area contributed by atoms with Crippen LogP contribution in [0.15, 0.2) is 34.4 Å². The van der Waals surface area contributed by atoms with E-state index in [1.807, 2.05) is 18.2 Å². The highest BCUT2D eigenvalue weighted by Gasteiger charge is 2.12. The summed E-state index contributed by atoms with van der Waals surface area (Å²) in [4.78, 5) is 8.43. The molecule has 50 valence electrons. The van der Waals surface area contributed by atoms with Gasteiger partial charge in [0.05, 0.1) is 11.6 Å². The number of hydrogen-bond donors (Lipinski definition) is 0. The third-order valence-electron chi connectivity index (χ3n) is 1.30. The molecule has 0 aromatic rings. The highest BCUT2D eigenvalue weighted by atomic mass is 32.2. The molecule has 0 radical (unpaired) electrons. The van der Waals surface area contributed by atoms with Crippen molar-refractivity contribution in [2.24, 2.45) is 9.98 Å². The largest absolute Gasteiger partial charge is 0.271 e. The molecule has 0 unspecified atom stereocenters. The Morgan fingerprint density at radius 1 is 1.40 bits per heavy atom. The van der Waals surface area contributed by atoms with E-state index >= 15 is 0 Å². The minimum atomic E-state index is 0.826. The van der Waals surface area contributed by atoms with Gasteiger partial charge < -0.3 is 0 Å². The van der Waals surface area contributed by atoms with Crippen LogP contribution in [0.4, 0.5) is 0 Å². The van der Waals surface area contributed by atoms with Crippen LogP contribution < -0.4 is 0 Å². The van der Waals surface area contributed by atoms with Gasteiger partial charge in [-0.3, -0.25) is 4.99 Å². The lowest BCUT2D eigenvalue weighted by Gasteiger charge is -1.88. The average Bonchev–Trinajstić information content (AvgIpc) is 2.28. The van der Waals surface area contributed by atoms with Crippen molar-refractivity contribution >= 4 is 22.5 Å². The van der Waals surface area contributed by atoms with Crippen molar-refractivity contribution in [3.05, 3.63) is 24.4 Å². The minimum absolute atomic E-state index is 0.826. The van der Waals surface area contributed by atoms with E-state index in [9.17, 15) is 0 Å². The molecule has 0 atom stereocenters. The third kappa shape index (κ3) is 0.926. The van der Waals surface area contributed by atoms with Crippen LogP contribution in [0, 0.1) is 0 Å². The first-order valence-corrected chi connectivity index (χ1v) is 4.04. The Hall–Kier alpha value is -0.830. The predicted molar refractivity (Wildman–Crippen MR) is 45.6 cm³/mol. The quantitative estimate of drug-likeness (QED) is 0.515. The lowest BCUT2D eigenvalue weighted by atomic mass is 10.3. The van der Waals surface area contributed by atoms with E-state index in [0.29, 0.717) is 0 Å². The van der Waals surface area contributed by atoms with Crippen molar-refractivity contribution in [1.82, 2.24) is 0 Å². The number of nitrogens with zero attached hydrogens (tertiary/aromatic N) is 2. The molecule has 0 aromatic carbocycles. The summed E-state index contributed by atoms with van der Waals surface area (Å²) < 4.78 is 0. The zero-order valence-electron chi connectivity index (χ0n) is 5.32. The predicted octanol–water partition coefficient (Wildman–Crippen LogP) is 1.61. The van der Waals surface area contributed by atoms with E-state index in [1.165, 1.54) is 0 Å². The maximum absolute atomic E-state index is 4.24. The Morgan fingerprint density at radius 3 is 3.40 bits per heavy atom. The van der Waals surface area contributed by atoms with Crippen LogP contribution in [0.1, 0.15) is 0 Å².